The van der Waals surface area contributed by atoms with Crippen molar-refractivity contribution in [2.75, 3.05) is 11.4 Å². The molecule has 0 bridgehead atoms. The maximum atomic E-state index is 5.74. The molecule has 2 rings (SSSR count). The monoisotopic (exact) mass is 248 g/mol. The van der Waals surface area contributed by atoms with Gasteiger partial charge in [-0.05, 0) is 18.1 Å². The third-order valence-corrected chi connectivity index (χ3v) is 3.45. The van der Waals surface area contributed by atoms with Crippen molar-refractivity contribution in [2.24, 2.45) is 5.73 Å². The molecular weight excluding hydrogens is 232 g/mol. The zero-order chi connectivity index (χ0) is 12.1. The minimum atomic E-state index is 0.573. The molecule has 0 aliphatic carbocycles. The summed E-state index contributed by atoms with van der Waals surface area (Å²) in [5, 5.41) is 8.94. The number of aromatic nitrogens is 2. The summed E-state index contributed by atoms with van der Waals surface area (Å²) in [5.74, 6) is 0. The third-order valence-electron chi connectivity index (χ3n) is 2.70. The second-order valence-corrected chi connectivity index (χ2v) is 4.52. The number of hydrogen-bond acceptors (Lipinski definition) is 5. The molecule has 4 nitrogen and oxygen atoms in total. The van der Waals surface area contributed by atoms with E-state index in [9.17, 15) is 0 Å². The second kappa shape index (κ2) is 5.75. The average molecular weight is 248 g/mol. The van der Waals surface area contributed by atoms with Gasteiger partial charge in [0.1, 0.15) is 5.51 Å². The van der Waals surface area contributed by atoms with Gasteiger partial charge in [0.2, 0.25) is 5.13 Å². The summed E-state index contributed by atoms with van der Waals surface area (Å²) in [6, 6.07) is 8.25. The van der Waals surface area contributed by atoms with Gasteiger partial charge < -0.3 is 10.6 Å². The molecule has 0 atom stereocenters. The Morgan fingerprint density at radius 2 is 2.06 bits per heavy atom. The van der Waals surface area contributed by atoms with Gasteiger partial charge >= 0.3 is 0 Å². The molecule has 0 spiro atoms. The molecule has 0 saturated carbocycles. The SMILES string of the molecule is CCN(Cc1ccccc1CN)c1nncs1. The van der Waals surface area contributed by atoms with Crippen molar-refractivity contribution in [2.45, 2.75) is 20.0 Å². The maximum Gasteiger partial charge on any atom is 0.208 e. The first kappa shape index (κ1) is 12.0. The van der Waals surface area contributed by atoms with Crippen LogP contribution in [0, 0.1) is 0 Å². The van der Waals surface area contributed by atoms with E-state index in [0.29, 0.717) is 6.54 Å². The highest BCUT2D eigenvalue weighted by molar-refractivity contribution is 7.13. The van der Waals surface area contributed by atoms with Crippen molar-refractivity contribution in [1.82, 2.24) is 10.2 Å². The standard InChI is InChI=1S/C12H16N4S/c1-2-16(12-15-14-9-17-12)8-11-6-4-3-5-10(11)7-13/h3-6,9H,2,7-8,13H2,1H3. The van der Waals surface area contributed by atoms with Crippen molar-refractivity contribution >= 4 is 16.5 Å². The average Bonchev–Trinajstić information content (AvgIpc) is 2.90. The Balaban J connectivity index is 2.18. The van der Waals surface area contributed by atoms with Crippen LogP contribution in [0.2, 0.25) is 0 Å². The summed E-state index contributed by atoms with van der Waals surface area (Å²) < 4.78 is 0. The van der Waals surface area contributed by atoms with Crippen LogP contribution in [-0.2, 0) is 13.1 Å². The van der Waals surface area contributed by atoms with Crippen LogP contribution < -0.4 is 10.6 Å². The van der Waals surface area contributed by atoms with Crippen LogP contribution in [0.25, 0.3) is 0 Å². The van der Waals surface area contributed by atoms with Gasteiger partial charge in [-0.1, -0.05) is 35.6 Å². The number of benzene rings is 1. The topological polar surface area (TPSA) is 55.0 Å². The van der Waals surface area contributed by atoms with Gasteiger partial charge in [0.05, 0.1) is 0 Å². The van der Waals surface area contributed by atoms with Crippen LogP contribution in [-0.4, -0.2) is 16.7 Å². The molecule has 0 radical (unpaired) electrons. The van der Waals surface area contributed by atoms with E-state index in [1.54, 1.807) is 16.8 Å². The van der Waals surface area contributed by atoms with Crippen LogP contribution in [0.5, 0.6) is 0 Å². The number of nitrogens with zero attached hydrogens (tertiary/aromatic N) is 3. The quantitative estimate of drug-likeness (QED) is 0.879. The molecule has 1 heterocycles. The first-order valence-electron chi connectivity index (χ1n) is 5.63. The van der Waals surface area contributed by atoms with Gasteiger partial charge in [-0.2, -0.15) is 0 Å². The van der Waals surface area contributed by atoms with E-state index in [0.717, 1.165) is 18.2 Å². The fraction of sp³-hybridized carbons (Fsp3) is 0.333. The van der Waals surface area contributed by atoms with Crippen LogP contribution in [0.1, 0.15) is 18.1 Å². The summed E-state index contributed by atoms with van der Waals surface area (Å²) in [7, 11) is 0. The minimum Gasteiger partial charge on any atom is -0.343 e. The molecule has 0 saturated heterocycles. The minimum absolute atomic E-state index is 0.573. The Kier molecular flexibility index (Phi) is 4.06. The fourth-order valence-corrected chi connectivity index (χ4v) is 2.36. The molecule has 90 valence electrons. The largest absolute Gasteiger partial charge is 0.343 e. The molecule has 2 aromatic rings. The van der Waals surface area contributed by atoms with Crippen molar-refractivity contribution in [3.63, 3.8) is 0 Å². The molecule has 1 aromatic heterocycles. The zero-order valence-electron chi connectivity index (χ0n) is 9.84. The summed E-state index contributed by atoms with van der Waals surface area (Å²) >= 11 is 1.56. The molecule has 1 aromatic carbocycles. The molecule has 0 amide bonds. The van der Waals surface area contributed by atoms with E-state index in [4.69, 9.17) is 5.73 Å². The lowest BCUT2D eigenvalue weighted by Crippen LogP contribution is -2.23. The molecule has 0 fully saturated rings. The summed E-state index contributed by atoms with van der Waals surface area (Å²) in [5.41, 5.74) is 9.95. The highest BCUT2D eigenvalue weighted by Crippen LogP contribution is 2.19. The molecular formula is C12H16N4S. The van der Waals surface area contributed by atoms with E-state index in [-0.39, 0.29) is 0 Å². The van der Waals surface area contributed by atoms with Gasteiger partial charge in [-0.25, -0.2) is 0 Å². The number of rotatable bonds is 5. The predicted octanol–water partition coefficient (Wildman–Crippen LogP) is 2.02. The number of nitrogens with two attached hydrogens (primary N) is 1. The first-order chi connectivity index (χ1) is 8.35. The molecule has 2 N–H and O–H groups in total. The molecule has 0 unspecified atom stereocenters. The van der Waals surface area contributed by atoms with Gasteiger partial charge in [-0.15, -0.1) is 10.2 Å². The lowest BCUT2D eigenvalue weighted by molar-refractivity contribution is 0.805. The molecule has 0 aliphatic heterocycles. The van der Waals surface area contributed by atoms with Crippen molar-refractivity contribution in [1.29, 1.82) is 0 Å². The Morgan fingerprint density at radius 1 is 1.29 bits per heavy atom. The van der Waals surface area contributed by atoms with E-state index >= 15 is 0 Å². The summed E-state index contributed by atoms with van der Waals surface area (Å²) in [4.78, 5) is 2.20. The lowest BCUT2D eigenvalue weighted by Gasteiger charge is -2.20. The maximum absolute atomic E-state index is 5.74. The summed E-state index contributed by atoms with van der Waals surface area (Å²) in [6.45, 7) is 4.43. The smallest absolute Gasteiger partial charge is 0.208 e. The highest BCUT2D eigenvalue weighted by Gasteiger charge is 2.10. The van der Waals surface area contributed by atoms with Crippen molar-refractivity contribution in [3.8, 4) is 0 Å². The zero-order valence-corrected chi connectivity index (χ0v) is 10.7. The lowest BCUT2D eigenvalue weighted by atomic mass is 10.1. The van der Waals surface area contributed by atoms with Crippen molar-refractivity contribution in [3.05, 3.63) is 40.9 Å². The van der Waals surface area contributed by atoms with Gasteiger partial charge in [-0.3, -0.25) is 0 Å². The Morgan fingerprint density at radius 3 is 2.65 bits per heavy atom. The van der Waals surface area contributed by atoms with E-state index < -0.39 is 0 Å². The summed E-state index contributed by atoms with van der Waals surface area (Å²) in [6.07, 6.45) is 0. The normalized spacial score (nSPS) is 10.5. The van der Waals surface area contributed by atoms with E-state index in [1.807, 2.05) is 12.1 Å². The van der Waals surface area contributed by atoms with Crippen LogP contribution in [0.4, 0.5) is 5.13 Å². The number of hydrogen-bond donors (Lipinski definition) is 1. The van der Waals surface area contributed by atoms with Crippen LogP contribution in [0.15, 0.2) is 29.8 Å². The Bertz CT molecular complexity index is 455. The van der Waals surface area contributed by atoms with Crippen molar-refractivity contribution < 1.29 is 0 Å². The predicted molar refractivity (Wildman–Crippen MR) is 71.0 cm³/mol. The first-order valence-corrected chi connectivity index (χ1v) is 6.51. The Labute approximate surface area is 105 Å². The fourth-order valence-electron chi connectivity index (χ4n) is 1.74. The molecule has 0 aliphatic rings. The van der Waals surface area contributed by atoms with E-state index in [1.165, 1.54) is 11.1 Å². The molecule has 17 heavy (non-hydrogen) atoms. The highest BCUT2D eigenvalue weighted by atomic mass is 32.1. The van der Waals surface area contributed by atoms with Gasteiger partial charge in [0, 0.05) is 19.6 Å². The van der Waals surface area contributed by atoms with E-state index in [2.05, 4.69) is 34.2 Å². The Hall–Kier alpha value is -1.46. The second-order valence-electron chi connectivity index (χ2n) is 3.71. The van der Waals surface area contributed by atoms with Crippen LogP contribution >= 0.6 is 11.3 Å². The van der Waals surface area contributed by atoms with Crippen LogP contribution in [0.3, 0.4) is 0 Å². The number of anilines is 1. The van der Waals surface area contributed by atoms with Gasteiger partial charge in [0.15, 0.2) is 0 Å². The third kappa shape index (κ3) is 2.81. The van der Waals surface area contributed by atoms with Gasteiger partial charge in [0.25, 0.3) is 0 Å². The molecule has 5 heteroatoms.